The number of sulfonamides is 1. The first-order valence-electron chi connectivity index (χ1n) is 8.82. The molecule has 0 aliphatic carbocycles. The van der Waals surface area contributed by atoms with Crippen molar-refractivity contribution < 1.29 is 17.9 Å². The van der Waals surface area contributed by atoms with Crippen LogP contribution in [-0.2, 0) is 28.2 Å². The van der Waals surface area contributed by atoms with Crippen LogP contribution in [0.15, 0.2) is 35.6 Å². The number of nitrogens with zero attached hydrogens (tertiary/aromatic N) is 2. The van der Waals surface area contributed by atoms with Crippen molar-refractivity contribution in [3.8, 4) is 5.75 Å². The van der Waals surface area contributed by atoms with Crippen LogP contribution in [0.3, 0.4) is 0 Å². The lowest BCUT2D eigenvalue weighted by atomic mass is 10.0. The van der Waals surface area contributed by atoms with Crippen molar-refractivity contribution in [2.45, 2.75) is 49.3 Å². The number of ether oxygens (including phenoxy) is 2. The fourth-order valence-electron chi connectivity index (χ4n) is 3.64. The lowest BCUT2D eigenvalue weighted by Gasteiger charge is -2.30. The van der Waals surface area contributed by atoms with Crippen molar-refractivity contribution in [2.24, 2.45) is 7.05 Å². The highest BCUT2D eigenvalue weighted by atomic mass is 32.2. The third kappa shape index (κ3) is 3.36. The Labute approximate surface area is 153 Å². The van der Waals surface area contributed by atoms with Crippen LogP contribution >= 0.6 is 0 Å². The molecule has 0 spiro atoms. The highest BCUT2D eigenvalue weighted by Crippen LogP contribution is 2.32. The van der Waals surface area contributed by atoms with Gasteiger partial charge in [-0.15, -0.1) is 0 Å². The number of hydrogen-bond acceptors (Lipinski definition) is 5. The van der Waals surface area contributed by atoms with Crippen LogP contribution in [0, 0.1) is 0 Å². The number of rotatable bonds is 4. The Balaban J connectivity index is 1.49. The van der Waals surface area contributed by atoms with Crippen LogP contribution in [0.5, 0.6) is 5.75 Å². The van der Waals surface area contributed by atoms with E-state index in [1.807, 2.05) is 18.5 Å². The Bertz CT molecular complexity index is 909. The third-order valence-corrected chi connectivity index (χ3v) is 6.49. The van der Waals surface area contributed by atoms with Gasteiger partial charge in [-0.05, 0) is 43.5 Å². The molecule has 140 valence electrons. The van der Waals surface area contributed by atoms with E-state index in [1.54, 1.807) is 30.7 Å². The average molecular weight is 377 g/mol. The second-order valence-electron chi connectivity index (χ2n) is 7.03. The van der Waals surface area contributed by atoms with Gasteiger partial charge in [0.25, 0.3) is 0 Å². The van der Waals surface area contributed by atoms with E-state index in [9.17, 15) is 8.42 Å². The molecule has 1 saturated heterocycles. The van der Waals surface area contributed by atoms with Crippen LogP contribution in [-0.4, -0.2) is 36.7 Å². The molecule has 2 aliphatic rings. The zero-order chi connectivity index (χ0) is 18.3. The maximum absolute atomic E-state index is 12.8. The molecule has 1 aromatic carbocycles. The summed E-state index contributed by atoms with van der Waals surface area (Å²) in [6.07, 6.45) is 5.40. The van der Waals surface area contributed by atoms with E-state index in [1.165, 1.54) is 0 Å². The molecule has 0 bridgehead atoms. The van der Waals surface area contributed by atoms with E-state index in [0.29, 0.717) is 19.4 Å². The average Bonchev–Trinajstić information content (AvgIpc) is 3.18. The molecule has 3 atom stereocenters. The van der Waals surface area contributed by atoms with Crippen LogP contribution < -0.4 is 9.46 Å². The summed E-state index contributed by atoms with van der Waals surface area (Å²) in [4.78, 5) is 4.41. The Morgan fingerprint density at radius 1 is 1.35 bits per heavy atom. The number of benzene rings is 1. The summed E-state index contributed by atoms with van der Waals surface area (Å²) in [5, 5.41) is 0. The smallest absolute Gasteiger partial charge is 0.240 e. The molecule has 0 amide bonds. The first-order valence-corrected chi connectivity index (χ1v) is 10.3. The van der Waals surface area contributed by atoms with Gasteiger partial charge in [0.1, 0.15) is 18.0 Å². The minimum Gasteiger partial charge on any atom is -0.490 e. The van der Waals surface area contributed by atoms with Crippen molar-refractivity contribution in [1.82, 2.24) is 14.3 Å². The van der Waals surface area contributed by atoms with Gasteiger partial charge in [0.2, 0.25) is 10.0 Å². The molecule has 0 saturated carbocycles. The lowest BCUT2D eigenvalue weighted by Crippen LogP contribution is -2.40. The predicted octanol–water partition coefficient (Wildman–Crippen LogP) is 1.94. The molecule has 2 aliphatic heterocycles. The van der Waals surface area contributed by atoms with Gasteiger partial charge in [-0.3, -0.25) is 0 Å². The maximum Gasteiger partial charge on any atom is 0.240 e. The topological polar surface area (TPSA) is 82.5 Å². The second kappa shape index (κ2) is 6.68. The quantitative estimate of drug-likeness (QED) is 0.881. The van der Waals surface area contributed by atoms with Gasteiger partial charge in [0.05, 0.1) is 23.1 Å². The molecular formula is C18H23N3O4S. The first kappa shape index (κ1) is 17.5. The molecule has 2 aromatic rings. The standard InChI is InChI=1S/C18H23N3O4S/c1-12-7-13-8-15(3-4-17(13)25-12)26(22,23)20-14-5-6-24-18(9-14)16-10-19-11-21(16)2/h3-4,8,10-12,14,18,20H,5-7,9H2,1-2H3/t12-,14+,18+/m1/s1. The van der Waals surface area contributed by atoms with Crippen LogP contribution in [0.4, 0.5) is 0 Å². The van der Waals surface area contributed by atoms with E-state index in [2.05, 4.69) is 9.71 Å². The maximum atomic E-state index is 12.8. The Kier molecular flexibility index (Phi) is 4.50. The van der Waals surface area contributed by atoms with Gasteiger partial charge in [-0.25, -0.2) is 18.1 Å². The van der Waals surface area contributed by atoms with Crippen molar-refractivity contribution in [2.75, 3.05) is 6.61 Å². The molecule has 4 rings (SSSR count). The lowest BCUT2D eigenvalue weighted by molar-refractivity contribution is -0.0000446. The molecule has 8 heteroatoms. The van der Waals surface area contributed by atoms with Gasteiger partial charge < -0.3 is 14.0 Å². The molecule has 3 heterocycles. The first-order chi connectivity index (χ1) is 12.4. The number of aryl methyl sites for hydroxylation is 1. The summed E-state index contributed by atoms with van der Waals surface area (Å²) in [6.45, 7) is 2.49. The second-order valence-corrected chi connectivity index (χ2v) is 8.75. The van der Waals surface area contributed by atoms with Gasteiger partial charge in [0, 0.05) is 26.1 Å². The number of imidazole rings is 1. The van der Waals surface area contributed by atoms with E-state index in [0.717, 1.165) is 23.4 Å². The van der Waals surface area contributed by atoms with E-state index < -0.39 is 10.0 Å². The zero-order valence-corrected chi connectivity index (χ0v) is 15.7. The summed E-state index contributed by atoms with van der Waals surface area (Å²) < 4.78 is 41.9. The molecule has 0 unspecified atom stereocenters. The van der Waals surface area contributed by atoms with Crippen molar-refractivity contribution in [1.29, 1.82) is 0 Å². The highest BCUT2D eigenvalue weighted by Gasteiger charge is 2.30. The summed E-state index contributed by atoms with van der Waals surface area (Å²) in [7, 11) is -1.68. The normalized spacial score (nSPS) is 25.7. The largest absolute Gasteiger partial charge is 0.490 e. The Morgan fingerprint density at radius 2 is 2.19 bits per heavy atom. The van der Waals surface area contributed by atoms with Crippen molar-refractivity contribution in [3.63, 3.8) is 0 Å². The molecule has 7 nitrogen and oxygen atoms in total. The van der Waals surface area contributed by atoms with Gasteiger partial charge in [-0.2, -0.15) is 0 Å². The summed E-state index contributed by atoms with van der Waals surface area (Å²) >= 11 is 0. The molecule has 1 fully saturated rings. The monoisotopic (exact) mass is 377 g/mol. The number of fused-ring (bicyclic) bond motifs is 1. The minimum absolute atomic E-state index is 0.0889. The Hall–Kier alpha value is -1.90. The summed E-state index contributed by atoms with van der Waals surface area (Å²) in [6, 6.07) is 4.91. The molecule has 0 radical (unpaired) electrons. The summed E-state index contributed by atoms with van der Waals surface area (Å²) in [5.74, 6) is 0.777. The van der Waals surface area contributed by atoms with Gasteiger partial charge in [-0.1, -0.05) is 0 Å². The molecule has 26 heavy (non-hydrogen) atoms. The number of hydrogen-bond donors (Lipinski definition) is 1. The molecule has 1 aromatic heterocycles. The number of aromatic nitrogens is 2. The van der Waals surface area contributed by atoms with E-state index >= 15 is 0 Å². The van der Waals surface area contributed by atoms with Crippen LogP contribution in [0.2, 0.25) is 0 Å². The SMILES string of the molecule is C[C@@H]1Cc2cc(S(=O)(=O)N[C@H]3CCO[C@H](c4cncn4C)C3)ccc2O1. The van der Waals surface area contributed by atoms with Gasteiger partial charge in [0.15, 0.2) is 0 Å². The molecular weight excluding hydrogens is 354 g/mol. The van der Waals surface area contributed by atoms with Gasteiger partial charge >= 0.3 is 0 Å². The fraction of sp³-hybridized carbons (Fsp3) is 0.500. The van der Waals surface area contributed by atoms with Crippen molar-refractivity contribution in [3.05, 3.63) is 42.0 Å². The van der Waals surface area contributed by atoms with Crippen LogP contribution in [0.1, 0.15) is 37.1 Å². The molecule has 1 N–H and O–H groups in total. The summed E-state index contributed by atoms with van der Waals surface area (Å²) in [5.41, 5.74) is 1.90. The fourth-order valence-corrected chi connectivity index (χ4v) is 4.97. The minimum atomic E-state index is -3.58. The third-order valence-electron chi connectivity index (χ3n) is 4.97. The van der Waals surface area contributed by atoms with E-state index in [-0.39, 0.29) is 23.1 Å². The van der Waals surface area contributed by atoms with E-state index in [4.69, 9.17) is 9.47 Å². The Morgan fingerprint density at radius 3 is 2.96 bits per heavy atom. The zero-order valence-electron chi connectivity index (χ0n) is 14.9. The number of nitrogens with one attached hydrogen (secondary N) is 1. The van der Waals surface area contributed by atoms with Crippen LogP contribution in [0.25, 0.3) is 0 Å². The van der Waals surface area contributed by atoms with Crippen molar-refractivity contribution >= 4 is 10.0 Å². The predicted molar refractivity (Wildman–Crippen MR) is 95.5 cm³/mol. The highest BCUT2D eigenvalue weighted by molar-refractivity contribution is 7.89.